The minimum atomic E-state index is -0.0941. The van der Waals surface area contributed by atoms with Crippen LogP contribution >= 0.6 is 0 Å². The molecule has 5 rings (SSSR count). The average molecular weight is 517 g/mol. The van der Waals surface area contributed by atoms with E-state index in [1.807, 2.05) is 28.9 Å². The molecule has 0 spiro atoms. The fourth-order valence-electron chi connectivity index (χ4n) is 5.27. The van der Waals surface area contributed by atoms with Gasteiger partial charge in [-0.2, -0.15) is 0 Å². The van der Waals surface area contributed by atoms with E-state index in [9.17, 15) is 4.79 Å². The Morgan fingerprint density at radius 1 is 1.16 bits per heavy atom. The van der Waals surface area contributed by atoms with Crippen LogP contribution in [0, 0.1) is 13.8 Å². The average Bonchev–Trinajstić information content (AvgIpc) is 3.59. The van der Waals surface area contributed by atoms with Crippen LogP contribution in [0.1, 0.15) is 60.3 Å². The second kappa shape index (κ2) is 11.4. The number of H-pyrrole nitrogens is 1. The summed E-state index contributed by atoms with van der Waals surface area (Å²) in [6.07, 6.45) is 2.98. The Morgan fingerprint density at radius 2 is 1.95 bits per heavy atom. The van der Waals surface area contributed by atoms with Gasteiger partial charge in [-0.3, -0.25) is 9.69 Å². The molecule has 3 heterocycles. The van der Waals surface area contributed by atoms with E-state index < -0.39 is 0 Å². The number of aromatic amines is 1. The molecule has 0 unspecified atom stereocenters. The number of aromatic nitrogens is 5. The topological polar surface area (TPSA) is 98.2 Å². The summed E-state index contributed by atoms with van der Waals surface area (Å²) in [5, 5.41) is 13.8. The zero-order chi connectivity index (χ0) is 26.6. The Hall–Kier alpha value is -3.56. The summed E-state index contributed by atoms with van der Waals surface area (Å²) in [7, 11) is 1.66. The molecule has 1 aliphatic heterocycles. The van der Waals surface area contributed by atoms with E-state index in [0.717, 1.165) is 59.5 Å². The predicted octanol–water partition coefficient (Wildman–Crippen LogP) is 4.47. The number of aryl methyl sites for hydroxylation is 2. The molecule has 2 aromatic carbocycles. The number of hydrogen-bond donors (Lipinski definition) is 1. The van der Waals surface area contributed by atoms with Crippen LogP contribution in [-0.4, -0.2) is 49.9 Å². The van der Waals surface area contributed by atoms with Crippen LogP contribution in [0.25, 0.3) is 10.9 Å². The van der Waals surface area contributed by atoms with E-state index in [0.29, 0.717) is 25.2 Å². The lowest BCUT2D eigenvalue weighted by Gasteiger charge is -2.30. The second-order valence-electron chi connectivity index (χ2n) is 10.2. The van der Waals surface area contributed by atoms with Crippen molar-refractivity contribution in [3.05, 3.63) is 80.9 Å². The number of nitrogens with zero attached hydrogens (tertiary/aromatic N) is 5. The van der Waals surface area contributed by atoms with Gasteiger partial charge >= 0.3 is 0 Å². The summed E-state index contributed by atoms with van der Waals surface area (Å²) in [6, 6.07) is 14.1. The summed E-state index contributed by atoms with van der Waals surface area (Å²) in [5.74, 6) is 1.60. The normalized spacial score (nSPS) is 16.4. The van der Waals surface area contributed by atoms with Gasteiger partial charge in [0, 0.05) is 30.8 Å². The van der Waals surface area contributed by atoms with Crippen molar-refractivity contribution in [1.82, 2.24) is 30.1 Å². The summed E-state index contributed by atoms with van der Waals surface area (Å²) in [5.41, 5.74) is 4.97. The van der Waals surface area contributed by atoms with Crippen LogP contribution in [0.5, 0.6) is 5.75 Å². The maximum Gasteiger partial charge on any atom is 0.252 e. The predicted molar refractivity (Wildman–Crippen MR) is 146 cm³/mol. The molecule has 1 saturated heterocycles. The van der Waals surface area contributed by atoms with Crippen LogP contribution in [0.4, 0.5) is 0 Å². The number of ether oxygens (including phenoxy) is 2. The van der Waals surface area contributed by atoms with Crippen molar-refractivity contribution in [2.75, 3.05) is 13.7 Å². The Labute approximate surface area is 222 Å². The van der Waals surface area contributed by atoms with Gasteiger partial charge in [0.1, 0.15) is 5.75 Å². The fraction of sp³-hybridized carbons (Fsp3) is 0.448. The number of rotatable bonds is 10. The standard InChI is InChI=1S/C29H36N6O3/c1-5-27(28-31-32-33-35(28)18-25-7-6-12-38-25)34(16-21-8-10-24(37-4)11-9-21)17-23-15-22-13-19(2)20(3)14-26(22)30-29(23)36/h8-11,13-15,25,27H,5-7,12,16-18H2,1-4H3,(H,30,36)/t25-,27+/m0/s1. The molecular formula is C29H36N6O3. The summed E-state index contributed by atoms with van der Waals surface area (Å²) in [4.78, 5) is 18.6. The Bertz CT molecular complexity index is 1440. The molecule has 2 atom stereocenters. The maximum atomic E-state index is 13.2. The van der Waals surface area contributed by atoms with E-state index in [-0.39, 0.29) is 17.7 Å². The first-order valence-electron chi connectivity index (χ1n) is 13.3. The molecule has 0 saturated carbocycles. The van der Waals surface area contributed by atoms with Crippen LogP contribution in [-0.2, 0) is 24.4 Å². The monoisotopic (exact) mass is 516 g/mol. The van der Waals surface area contributed by atoms with Crippen molar-refractivity contribution in [2.45, 2.75) is 71.8 Å². The number of hydrogen-bond acceptors (Lipinski definition) is 7. The number of methoxy groups -OCH3 is 1. The molecule has 200 valence electrons. The Morgan fingerprint density at radius 3 is 2.66 bits per heavy atom. The van der Waals surface area contributed by atoms with Crippen LogP contribution in [0.15, 0.2) is 47.3 Å². The summed E-state index contributed by atoms with van der Waals surface area (Å²) in [6.45, 7) is 8.78. The fourth-order valence-corrected chi connectivity index (χ4v) is 5.27. The molecule has 2 aromatic heterocycles. The van der Waals surface area contributed by atoms with Gasteiger partial charge in [-0.05, 0) is 95.9 Å². The summed E-state index contributed by atoms with van der Waals surface area (Å²) >= 11 is 0. The lowest BCUT2D eigenvalue weighted by molar-refractivity contribution is 0.0888. The highest BCUT2D eigenvalue weighted by Crippen LogP contribution is 2.28. The molecule has 0 amide bonds. The third kappa shape index (κ3) is 5.63. The first-order chi connectivity index (χ1) is 18.4. The van der Waals surface area contributed by atoms with Crippen LogP contribution in [0.2, 0.25) is 0 Å². The number of nitrogens with one attached hydrogen (secondary N) is 1. The van der Waals surface area contributed by atoms with E-state index in [1.54, 1.807) is 7.11 Å². The highest BCUT2D eigenvalue weighted by molar-refractivity contribution is 5.80. The van der Waals surface area contributed by atoms with Crippen molar-refractivity contribution in [1.29, 1.82) is 0 Å². The highest BCUT2D eigenvalue weighted by Gasteiger charge is 2.28. The van der Waals surface area contributed by atoms with Crippen molar-refractivity contribution in [2.24, 2.45) is 0 Å². The third-order valence-corrected chi connectivity index (χ3v) is 7.54. The quantitative estimate of drug-likeness (QED) is 0.332. The molecular weight excluding hydrogens is 480 g/mol. The van der Waals surface area contributed by atoms with Crippen molar-refractivity contribution in [3.8, 4) is 5.75 Å². The van der Waals surface area contributed by atoms with Gasteiger partial charge in [-0.1, -0.05) is 19.1 Å². The largest absolute Gasteiger partial charge is 0.497 e. The van der Waals surface area contributed by atoms with Gasteiger partial charge < -0.3 is 14.5 Å². The van der Waals surface area contributed by atoms with Crippen LogP contribution in [0.3, 0.4) is 0 Å². The van der Waals surface area contributed by atoms with Gasteiger partial charge in [0.05, 0.1) is 25.8 Å². The molecule has 4 aromatic rings. The second-order valence-corrected chi connectivity index (χ2v) is 10.2. The molecule has 1 fully saturated rings. The van der Waals surface area contributed by atoms with E-state index in [1.165, 1.54) is 5.56 Å². The van der Waals surface area contributed by atoms with Gasteiger partial charge in [0.2, 0.25) is 0 Å². The number of tetrazole rings is 1. The van der Waals surface area contributed by atoms with Crippen LogP contribution < -0.4 is 10.3 Å². The van der Waals surface area contributed by atoms with E-state index in [4.69, 9.17) is 9.47 Å². The number of benzene rings is 2. The van der Waals surface area contributed by atoms with Gasteiger partial charge in [-0.15, -0.1) is 5.10 Å². The lowest BCUT2D eigenvalue weighted by Crippen LogP contribution is -2.33. The van der Waals surface area contributed by atoms with Gasteiger partial charge in [0.25, 0.3) is 5.56 Å². The maximum absolute atomic E-state index is 13.2. The molecule has 0 aliphatic carbocycles. The molecule has 0 radical (unpaired) electrons. The zero-order valence-corrected chi connectivity index (χ0v) is 22.6. The Balaban J connectivity index is 1.50. The Kier molecular flexibility index (Phi) is 7.85. The van der Waals surface area contributed by atoms with Gasteiger partial charge in [0.15, 0.2) is 5.82 Å². The molecule has 9 nitrogen and oxygen atoms in total. The molecule has 0 bridgehead atoms. The van der Waals surface area contributed by atoms with Crippen molar-refractivity contribution < 1.29 is 9.47 Å². The minimum Gasteiger partial charge on any atom is -0.497 e. The van der Waals surface area contributed by atoms with E-state index >= 15 is 0 Å². The third-order valence-electron chi connectivity index (χ3n) is 7.54. The van der Waals surface area contributed by atoms with Gasteiger partial charge in [-0.25, -0.2) is 4.68 Å². The molecule has 9 heteroatoms. The number of fused-ring (bicyclic) bond motifs is 1. The first-order valence-corrected chi connectivity index (χ1v) is 13.3. The van der Waals surface area contributed by atoms with Crippen molar-refractivity contribution >= 4 is 10.9 Å². The summed E-state index contributed by atoms with van der Waals surface area (Å²) < 4.78 is 13.1. The molecule has 1 N–H and O–H groups in total. The first kappa shape index (κ1) is 26.1. The SMILES string of the molecule is CC[C@H](c1nnnn1C[C@@H]1CCCO1)N(Cc1ccc(OC)cc1)Cc1cc2cc(C)c(C)cc2[nH]c1=O. The minimum absolute atomic E-state index is 0.0747. The van der Waals surface area contributed by atoms with Crippen molar-refractivity contribution in [3.63, 3.8) is 0 Å². The van der Waals surface area contributed by atoms with E-state index in [2.05, 4.69) is 64.4 Å². The molecule has 38 heavy (non-hydrogen) atoms. The molecule has 1 aliphatic rings. The lowest BCUT2D eigenvalue weighted by atomic mass is 10.0. The zero-order valence-electron chi connectivity index (χ0n) is 22.6. The number of pyridine rings is 1. The smallest absolute Gasteiger partial charge is 0.252 e. The highest BCUT2D eigenvalue weighted by atomic mass is 16.5.